The van der Waals surface area contributed by atoms with E-state index in [-0.39, 0.29) is 37.0 Å². The van der Waals surface area contributed by atoms with Crippen molar-refractivity contribution in [3.8, 4) is 0 Å². The van der Waals surface area contributed by atoms with Crippen molar-refractivity contribution in [2.75, 3.05) is 18.5 Å². The van der Waals surface area contributed by atoms with Gasteiger partial charge in [-0.3, -0.25) is 19.8 Å². The number of carbonyl (C=O) groups excluding carboxylic acids is 4. The van der Waals surface area contributed by atoms with Gasteiger partial charge in [0.25, 0.3) is 5.91 Å². The highest BCUT2D eigenvalue weighted by molar-refractivity contribution is 6.06. The highest BCUT2D eigenvalue weighted by Crippen LogP contribution is 2.17. The molecule has 0 heterocycles. The van der Waals surface area contributed by atoms with Crippen molar-refractivity contribution in [3.63, 3.8) is 0 Å². The molecule has 0 radical (unpaired) electrons. The molecule has 0 aliphatic heterocycles. The molecular weight excluding hydrogens is 570 g/mol. The number of nitrogens with zero attached hydrogens (tertiary/aromatic N) is 1. The highest BCUT2D eigenvalue weighted by Gasteiger charge is 2.29. The van der Waals surface area contributed by atoms with Crippen LogP contribution in [0.1, 0.15) is 68.9 Å². The number of aryl methyl sites for hydroxylation is 1. The van der Waals surface area contributed by atoms with Gasteiger partial charge >= 0.3 is 12.1 Å². The van der Waals surface area contributed by atoms with Gasteiger partial charge in [0, 0.05) is 17.8 Å². The topological polar surface area (TPSA) is 114 Å². The summed E-state index contributed by atoms with van der Waals surface area (Å²) in [6, 6.07) is 24.0. The molecule has 0 aromatic heterocycles. The van der Waals surface area contributed by atoms with Gasteiger partial charge in [0.1, 0.15) is 12.2 Å². The molecule has 0 fully saturated rings. The fourth-order valence-electron chi connectivity index (χ4n) is 4.45. The first-order valence-electron chi connectivity index (χ1n) is 15.4. The molecule has 2 atom stereocenters. The van der Waals surface area contributed by atoms with Crippen molar-refractivity contribution >= 4 is 29.5 Å². The van der Waals surface area contributed by atoms with E-state index in [0.29, 0.717) is 18.5 Å². The largest absolute Gasteiger partial charge is 0.444 e. The van der Waals surface area contributed by atoms with Crippen molar-refractivity contribution in [1.29, 1.82) is 0 Å². The summed E-state index contributed by atoms with van der Waals surface area (Å²) in [6.07, 6.45) is 0.967. The number of hydrogen-bond acceptors (Lipinski definition) is 6. The average Bonchev–Trinajstić information content (AvgIpc) is 3.01. The molecule has 0 saturated carbocycles. The first-order chi connectivity index (χ1) is 21.4. The quantitative estimate of drug-likeness (QED) is 0.202. The average molecular weight is 616 g/mol. The van der Waals surface area contributed by atoms with E-state index in [1.54, 1.807) is 39.0 Å². The van der Waals surface area contributed by atoms with Crippen LogP contribution in [0.5, 0.6) is 0 Å². The number of ketones is 1. The Morgan fingerprint density at radius 2 is 1.51 bits per heavy atom. The molecule has 3 aromatic rings. The number of anilines is 1. The molecule has 0 saturated heterocycles. The Morgan fingerprint density at radius 3 is 2.13 bits per heavy atom. The number of Topliss-reactive ketones (excluding diaryl/α,β-unsaturated/α-hetero) is 1. The molecule has 0 spiro atoms. The molecule has 0 bridgehead atoms. The zero-order valence-electron chi connectivity index (χ0n) is 26.9. The summed E-state index contributed by atoms with van der Waals surface area (Å²) in [5.74, 6) is -0.819. The van der Waals surface area contributed by atoms with Crippen molar-refractivity contribution in [3.05, 3.63) is 102 Å². The van der Waals surface area contributed by atoms with E-state index >= 15 is 0 Å². The lowest BCUT2D eigenvalue weighted by atomic mass is 10.0. The van der Waals surface area contributed by atoms with Crippen LogP contribution in [0.2, 0.25) is 0 Å². The number of amides is 4. The molecule has 2 N–H and O–H groups in total. The minimum atomic E-state index is -0.874. The molecule has 240 valence electrons. The normalized spacial score (nSPS) is 12.5. The third kappa shape index (κ3) is 12.2. The molecular formula is C36H45N3O6. The SMILES string of the molecule is CCC(C)CN(C(=O)N[C@@H](CCc1ccccc1)C(=O)COCc1ccccc1)C(=O)c1cccc(NC(=O)OC(C)(C)C)c1. The lowest BCUT2D eigenvalue weighted by molar-refractivity contribution is -0.126. The van der Waals surface area contributed by atoms with E-state index in [1.807, 2.05) is 74.5 Å². The van der Waals surface area contributed by atoms with Crippen LogP contribution >= 0.6 is 0 Å². The molecule has 0 aliphatic rings. The lowest BCUT2D eigenvalue weighted by Crippen LogP contribution is -2.52. The highest BCUT2D eigenvalue weighted by atomic mass is 16.6. The number of carbonyl (C=O) groups is 4. The van der Waals surface area contributed by atoms with Crippen molar-refractivity contribution in [2.45, 2.75) is 72.1 Å². The Balaban J connectivity index is 1.78. The maximum atomic E-state index is 13.8. The van der Waals surface area contributed by atoms with Gasteiger partial charge in [-0.1, -0.05) is 87.0 Å². The van der Waals surface area contributed by atoms with Gasteiger partial charge in [-0.25, -0.2) is 9.59 Å². The fraction of sp³-hybridized carbons (Fsp3) is 0.389. The van der Waals surface area contributed by atoms with Crippen LogP contribution in [-0.4, -0.2) is 53.5 Å². The van der Waals surface area contributed by atoms with Crippen LogP contribution in [0.15, 0.2) is 84.9 Å². The second-order valence-corrected chi connectivity index (χ2v) is 12.1. The third-order valence-corrected chi connectivity index (χ3v) is 7.04. The number of imide groups is 1. The van der Waals surface area contributed by atoms with E-state index < -0.39 is 29.7 Å². The van der Waals surface area contributed by atoms with Crippen LogP contribution in [0.3, 0.4) is 0 Å². The van der Waals surface area contributed by atoms with Gasteiger partial charge < -0.3 is 14.8 Å². The summed E-state index contributed by atoms with van der Waals surface area (Å²) in [7, 11) is 0. The molecule has 9 heteroatoms. The Morgan fingerprint density at radius 1 is 0.867 bits per heavy atom. The van der Waals surface area contributed by atoms with Crippen molar-refractivity contribution in [2.24, 2.45) is 5.92 Å². The fourth-order valence-corrected chi connectivity index (χ4v) is 4.45. The molecule has 9 nitrogen and oxygen atoms in total. The van der Waals surface area contributed by atoms with E-state index in [2.05, 4.69) is 10.6 Å². The van der Waals surface area contributed by atoms with Gasteiger partial charge in [0.2, 0.25) is 0 Å². The number of rotatable bonds is 14. The van der Waals surface area contributed by atoms with Gasteiger partial charge in [-0.15, -0.1) is 0 Å². The van der Waals surface area contributed by atoms with E-state index in [1.165, 1.54) is 6.07 Å². The molecule has 45 heavy (non-hydrogen) atoms. The van der Waals surface area contributed by atoms with Crippen LogP contribution in [0.25, 0.3) is 0 Å². The Labute approximate surface area is 266 Å². The van der Waals surface area contributed by atoms with Gasteiger partial charge in [0.05, 0.1) is 12.6 Å². The van der Waals surface area contributed by atoms with Crippen LogP contribution < -0.4 is 10.6 Å². The smallest absolute Gasteiger partial charge is 0.412 e. The third-order valence-electron chi connectivity index (χ3n) is 7.04. The Bertz CT molecular complexity index is 1410. The summed E-state index contributed by atoms with van der Waals surface area (Å²) in [5, 5.41) is 5.47. The standard InChI is InChI=1S/C36H45N3O6/c1-6-26(2)23-39(33(41)29-18-13-19-30(22-29)37-35(43)45-36(3,4)5)34(42)38-31(21-20-27-14-9-7-10-15-27)32(40)25-44-24-28-16-11-8-12-17-28/h7-19,22,26,31H,6,20-21,23-25H2,1-5H3,(H,37,43)(H,38,42)/t26?,31-/m0/s1. The molecule has 4 amide bonds. The van der Waals surface area contributed by atoms with Crippen LogP contribution in [0, 0.1) is 5.92 Å². The summed E-state index contributed by atoms with van der Waals surface area (Å²) in [4.78, 5) is 54.4. The number of urea groups is 1. The summed E-state index contributed by atoms with van der Waals surface area (Å²) in [5.41, 5.74) is 1.83. The van der Waals surface area contributed by atoms with E-state index in [4.69, 9.17) is 9.47 Å². The lowest BCUT2D eigenvalue weighted by Gasteiger charge is -2.27. The predicted molar refractivity (Wildman–Crippen MR) is 175 cm³/mol. The van der Waals surface area contributed by atoms with Crippen molar-refractivity contribution in [1.82, 2.24) is 10.2 Å². The predicted octanol–water partition coefficient (Wildman–Crippen LogP) is 7.02. The zero-order valence-corrected chi connectivity index (χ0v) is 26.9. The minimum absolute atomic E-state index is 0.00967. The molecule has 0 aliphatic carbocycles. The summed E-state index contributed by atoms with van der Waals surface area (Å²) < 4.78 is 11.0. The minimum Gasteiger partial charge on any atom is -0.444 e. The number of nitrogens with one attached hydrogen (secondary N) is 2. The van der Waals surface area contributed by atoms with E-state index in [9.17, 15) is 19.2 Å². The molecule has 3 rings (SSSR count). The van der Waals surface area contributed by atoms with E-state index in [0.717, 1.165) is 22.4 Å². The summed E-state index contributed by atoms with van der Waals surface area (Å²) in [6.45, 7) is 9.41. The Kier molecular flexibility index (Phi) is 13.3. The maximum absolute atomic E-state index is 13.8. The van der Waals surface area contributed by atoms with Crippen LogP contribution in [-0.2, 0) is 27.3 Å². The molecule has 3 aromatic carbocycles. The molecule has 1 unspecified atom stereocenters. The number of ether oxygens (including phenoxy) is 2. The van der Waals surface area contributed by atoms with Gasteiger partial charge in [-0.2, -0.15) is 0 Å². The summed E-state index contributed by atoms with van der Waals surface area (Å²) >= 11 is 0. The van der Waals surface area contributed by atoms with Crippen molar-refractivity contribution < 1.29 is 28.7 Å². The number of hydrogen-bond donors (Lipinski definition) is 2. The zero-order chi connectivity index (χ0) is 32.8. The second-order valence-electron chi connectivity index (χ2n) is 12.1. The Hall–Kier alpha value is -4.50. The first kappa shape index (κ1) is 35.0. The van der Waals surface area contributed by atoms with Gasteiger partial charge in [0.15, 0.2) is 5.78 Å². The second kappa shape index (κ2) is 17.1. The maximum Gasteiger partial charge on any atom is 0.412 e. The van der Waals surface area contributed by atoms with Crippen LogP contribution in [0.4, 0.5) is 15.3 Å². The first-order valence-corrected chi connectivity index (χ1v) is 15.4. The van der Waals surface area contributed by atoms with Gasteiger partial charge in [-0.05, 0) is 68.9 Å². The monoisotopic (exact) mass is 615 g/mol. The number of benzene rings is 3.